The highest BCUT2D eigenvalue weighted by molar-refractivity contribution is 7.18. The lowest BCUT2D eigenvalue weighted by atomic mass is 10.2. The zero-order valence-electron chi connectivity index (χ0n) is 13.2. The Morgan fingerprint density at radius 3 is 2.64 bits per heavy atom. The summed E-state index contributed by atoms with van der Waals surface area (Å²) >= 11 is 1.47. The molecule has 118 valence electrons. The molecule has 0 unspecified atom stereocenters. The first kappa shape index (κ1) is 16.4. The Kier molecular flexibility index (Phi) is 5.07. The average Bonchev–Trinajstić information content (AvgIpc) is 2.75. The maximum absolute atomic E-state index is 12.1. The molecule has 1 amide bonds. The molecule has 7 heteroatoms. The number of amides is 1. The summed E-state index contributed by atoms with van der Waals surface area (Å²) < 4.78 is 0. The second-order valence-corrected chi connectivity index (χ2v) is 6.28. The number of hydrazone groups is 1. The zero-order valence-corrected chi connectivity index (χ0v) is 14.1. The van der Waals surface area contributed by atoms with E-state index >= 15 is 0 Å². The minimum atomic E-state index is -0.285. The van der Waals surface area contributed by atoms with Crippen molar-refractivity contribution < 1.29 is 4.79 Å². The lowest BCUT2D eigenvalue weighted by Crippen LogP contribution is -2.24. The Balaban J connectivity index is 2.20. The second kappa shape index (κ2) is 6.83. The van der Waals surface area contributed by atoms with Crippen LogP contribution in [0.15, 0.2) is 9.90 Å². The van der Waals surface area contributed by atoms with Crippen molar-refractivity contribution in [3.63, 3.8) is 0 Å². The Hall–Kier alpha value is -2.02. The van der Waals surface area contributed by atoms with Crippen molar-refractivity contribution in [1.82, 2.24) is 15.4 Å². The standard InChI is InChI=1S/C15H20N4O2S/c1-5-10(6-2)18-19-12(20)7-11-16-14(21)13-8(3)9(4)22-15(13)17-11/h5-7H2,1-4H3,(H,19,20)(H,16,17,21). The first-order chi connectivity index (χ1) is 10.5. The highest BCUT2D eigenvalue weighted by Gasteiger charge is 2.13. The van der Waals surface area contributed by atoms with Crippen LogP contribution in [0.3, 0.4) is 0 Å². The van der Waals surface area contributed by atoms with Gasteiger partial charge < -0.3 is 4.98 Å². The van der Waals surface area contributed by atoms with Gasteiger partial charge in [0, 0.05) is 10.6 Å². The summed E-state index contributed by atoms with van der Waals surface area (Å²) in [6.07, 6.45) is 1.60. The molecule has 0 aliphatic rings. The number of aromatic nitrogens is 2. The summed E-state index contributed by atoms with van der Waals surface area (Å²) in [5.74, 6) is 0.0768. The third-order valence-corrected chi connectivity index (χ3v) is 4.67. The van der Waals surface area contributed by atoms with Gasteiger partial charge in [0.15, 0.2) is 0 Å². The molecule has 0 atom stereocenters. The van der Waals surface area contributed by atoms with Gasteiger partial charge in [0.2, 0.25) is 5.91 Å². The highest BCUT2D eigenvalue weighted by atomic mass is 32.1. The van der Waals surface area contributed by atoms with Gasteiger partial charge in [-0.1, -0.05) is 13.8 Å². The molecule has 0 fully saturated rings. The van der Waals surface area contributed by atoms with Gasteiger partial charge in [-0.15, -0.1) is 11.3 Å². The van der Waals surface area contributed by atoms with E-state index < -0.39 is 0 Å². The monoisotopic (exact) mass is 320 g/mol. The summed E-state index contributed by atoms with van der Waals surface area (Å²) in [5, 5.41) is 4.67. The van der Waals surface area contributed by atoms with Crippen LogP contribution in [0, 0.1) is 13.8 Å². The molecule has 0 saturated heterocycles. The maximum Gasteiger partial charge on any atom is 0.259 e. The molecular formula is C15H20N4O2S. The van der Waals surface area contributed by atoms with Crippen LogP contribution in [0.1, 0.15) is 43.0 Å². The van der Waals surface area contributed by atoms with E-state index in [1.54, 1.807) is 0 Å². The summed E-state index contributed by atoms with van der Waals surface area (Å²) in [6, 6.07) is 0. The molecule has 2 N–H and O–H groups in total. The van der Waals surface area contributed by atoms with Gasteiger partial charge in [0.05, 0.1) is 11.8 Å². The molecule has 0 aromatic carbocycles. The van der Waals surface area contributed by atoms with Crippen LogP contribution in [0.25, 0.3) is 10.2 Å². The average molecular weight is 320 g/mol. The molecular weight excluding hydrogens is 300 g/mol. The highest BCUT2D eigenvalue weighted by Crippen LogP contribution is 2.25. The van der Waals surface area contributed by atoms with Crippen LogP contribution < -0.4 is 11.0 Å². The molecule has 0 saturated carbocycles. The topological polar surface area (TPSA) is 87.2 Å². The molecule has 0 radical (unpaired) electrons. The smallest absolute Gasteiger partial charge is 0.259 e. The van der Waals surface area contributed by atoms with Crippen molar-refractivity contribution in [2.45, 2.75) is 47.0 Å². The largest absolute Gasteiger partial charge is 0.309 e. The van der Waals surface area contributed by atoms with Crippen molar-refractivity contribution in [2.24, 2.45) is 5.10 Å². The van der Waals surface area contributed by atoms with Crippen molar-refractivity contribution >= 4 is 33.2 Å². The molecule has 0 aliphatic heterocycles. The first-order valence-corrected chi connectivity index (χ1v) is 8.11. The lowest BCUT2D eigenvalue weighted by Gasteiger charge is -2.03. The molecule has 0 bridgehead atoms. The SMILES string of the molecule is CCC(CC)=NNC(=O)Cc1nc2sc(C)c(C)c2c(=O)[nH]1. The number of nitrogens with zero attached hydrogens (tertiary/aromatic N) is 2. The fraction of sp³-hybridized carbons (Fsp3) is 0.467. The molecule has 2 aromatic rings. The molecule has 2 aromatic heterocycles. The third kappa shape index (κ3) is 3.41. The second-order valence-electron chi connectivity index (χ2n) is 5.07. The number of hydrogen-bond acceptors (Lipinski definition) is 5. The normalized spacial score (nSPS) is 10.7. The van der Waals surface area contributed by atoms with E-state index in [1.807, 2.05) is 27.7 Å². The number of nitrogens with one attached hydrogen (secondary N) is 2. The fourth-order valence-corrected chi connectivity index (χ4v) is 3.17. The quantitative estimate of drug-likeness (QED) is 0.655. The molecule has 2 heterocycles. The Morgan fingerprint density at radius 2 is 2.00 bits per heavy atom. The number of hydrogen-bond donors (Lipinski definition) is 2. The lowest BCUT2D eigenvalue weighted by molar-refractivity contribution is -0.120. The Morgan fingerprint density at radius 1 is 1.32 bits per heavy atom. The van der Waals surface area contributed by atoms with Gasteiger partial charge in [0.1, 0.15) is 10.7 Å². The number of aromatic amines is 1. The number of fused-ring (bicyclic) bond motifs is 1. The minimum absolute atomic E-state index is 0.00534. The van der Waals surface area contributed by atoms with Crippen LogP contribution in [0.5, 0.6) is 0 Å². The predicted octanol–water partition coefficient (Wildman–Crippen LogP) is 2.44. The number of carbonyl (C=O) groups excluding carboxylic acids is 1. The molecule has 22 heavy (non-hydrogen) atoms. The van der Waals surface area contributed by atoms with Crippen LogP contribution in [0.4, 0.5) is 0 Å². The van der Waals surface area contributed by atoms with E-state index in [2.05, 4.69) is 20.5 Å². The van der Waals surface area contributed by atoms with E-state index in [9.17, 15) is 9.59 Å². The number of carbonyl (C=O) groups is 1. The van der Waals surface area contributed by atoms with Crippen molar-refractivity contribution in [3.8, 4) is 0 Å². The molecule has 0 spiro atoms. The number of H-pyrrole nitrogens is 1. The van der Waals surface area contributed by atoms with Gasteiger partial charge in [-0.3, -0.25) is 9.59 Å². The van der Waals surface area contributed by atoms with Crippen LogP contribution in [-0.2, 0) is 11.2 Å². The Labute approximate surface area is 132 Å². The first-order valence-electron chi connectivity index (χ1n) is 7.29. The summed E-state index contributed by atoms with van der Waals surface area (Å²) in [4.78, 5) is 32.8. The van der Waals surface area contributed by atoms with Crippen LogP contribution in [-0.4, -0.2) is 21.6 Å². The van der Waals surface area contributed by atoms with Gasteiger partial charge in [-0.25, -0.2) is 10.4 Å². The van der Waals surface area contributed by atoms with E-state index in [4.69, 9.17) is 0 Å². The fourth-order valence-electron chi connectivity index (χ4n) is 2.12. The van der Waals surface area contributed by atoms with Crippen LogP contribution in [0.2, 0.25) is 0 Å². The van der Waals surface area contributed by atoms with Gasteiger partial charge >= 0.3 is 0 Å². The Bertz CT molecular complexity index is 783. The van der Waals surface area contributed by atoms with E-state index in [0.717, 1.165) is 29.0 Å². The van der Waals surface area contributed by atoms with E-state index in [-0.39, 0.29) is 17.9 Å². The number of rotatable bonds is 5. The zero-order chi connectivity index (χ0) is 16.3. The number of aryl methyl sites for hydroxylation is 2. The molecule has 6 nitrogen and oxygen atoms in total. The number of thiophene rings is 1. The van der Waals surface area contributed by atoms with Crippen LogP contribution >= 0.6 is 11.3 Å². The maximum atomic E-state index is 12.1. The summed E-state index contributed by atoms with van der Waals surface area (Å²) in [6.45, 7) is 7.84. The van der Waals surface area contributed by atoms with Crippen molar-refractivity contribution in [2.75, 3.05) is 0 Å². The van der Waals surface area contributed by atoms with Crippen molar-refractivity contribution in [1.29, 1.82) is 0 Å². The minimum Gasteiger partial charge on any atom is -0.309 e. The van der Waals surface area contributed by atoms with Gasteiger partial charge in [0.25, 0.3) is 5.56 Å². The van der Waals surface area contributed by atoms with E-state index in [0.29, 0.717) is 16.0 Å². The van der Waals surface area contributed by atoms with Crippen molar-refractivity contribution in [3.05, 3.63) is 26.6 Å². The van der Waals surface area contributed by atoms with Gasteiger partial charge in [-0.2, -0.15) is 5.10 Å². The summed E-state index contributed by atoms with van der Waals surface area (Å²) in [7, 11) is 0. The molecule has 0 aliphatic carbocycles. The predicted molar refractivity (Wildman–Crippen MR) is 89.6 cm³/mol. The molecule has 2 rings (SSSR count). The third-order valence-electron chi connectivity index (χ3n) is 3.57. The van der Waals surface area contributed by atoms with Gasteiger partial charge in [-0.05, 0) is 32.3 Å². The van der Waals surface area contributed by atoms with E-state index in [1.165, 1.54) is 11.3 Å². The summed E-state index contributed by atoms with van der Waals surface area (Å²) in [5.41, 5.74) is 4.19.